The lowest BCUT2D eigenvalue weighted by Crippen LogP contribution is -2.37. The minimum absolute atomic E-state index is 0.0415. The fraction of sp³-hybridized carbons (Fsp3) is 0.500. The number of hydrogen-bond acceptors (Lipinski definition) is 5. The Bertz CT molecular complexity index is 639. The molecule has 1 aromatic carbocycles. The summed E-state index contributed by atoms with van der Waals surface area (Å²) in [7, 11) is 0. The van der Waals surface area contributed by atoms with E-state index in [9.17, 15) is 4.39 Å². The van der Waals surface area contributed by atoms with E-state index in [0.717, 1.165) is 37.4 Å². The Kier molecular flexibility index (Phi) is 3.63. The molecule has 0 amide bonds. The van der Waals surface area contributed by atoms with E-state index in [0.29, 0.717) is 25.0 Å². The molecule has 1 aliphatic carbocycles. The second-order valence-electron chi connectivity index (χ2n) is 5.95. The average molecular weight is 303 g/mol. The number of morpholine rings is 1. The van der Waals surface area contributed by atoms with E-state index in [-0.39, 0.29) is 11.9 Å². The minimum Gasteiger partial charge on any atom is -0.424 e. The van der Waals surface area contributed by atoms with Gasteiger partial charge in [-0.15, -0.1) is 10.2 Å². The molecule has 2 heterocycles. The maximum Gasteiger partial charge on any atom is 0.230 e. The highest BCUT2D eigenvalue weighted by Crippen LogP contribution is 2.39. The van der Waals surface area contributed by atoms with Gasteiger partial charge in [-0.25, -0.2) is 4.39 Å². The highest BCUT2D eigenvalue weighted by Gasteiger charge is 2.30. The maximum atomic E-state index is 13.0. The van der Waals surface area contributed by atoms with Crippen LogP contribution in [0.3, 0.4) is 0 Å². The van der Waals surface area contributed by atoms with Crippen molar-refractivity contribution >= 4 is 0 Å². The Labute approximate surface area is 128 Å². The Morgan fingerprint density at radius 2 is 2.00 bits per heavy atom. The number of aromatic nitrogens is 2. The van der Waals surface area contributed by atoms with Crippen LogP contribution in [0.15, 0.2) is 28.7 Å². The van der Waals surface area contributed by atoms with Crippen molar-refractivity contribution in [3.05, 3.63) is 47.4 Å². The number of nitrogens with zero attached hydrogens (tertiary/aromatic N) is 3. The molecule has 22 heavy (non-hydrogen) atoms. The Morgan fingerprint density at radius 1 is 1.18 bits per heavy atom. The molecule has 116 valence electrons. The molecule has 2 aromatic rings. The third-order valence-electron chi connectivity index (χ3n) is 4.16. The van der Waals surface area contributed by atoms with Gasteiger partial charge < -0.3 is 9.15 Å². The van der Waals surface area contributed by atoms with Gasteiger partial charge in [0.05, 0.1) is 19.3 Å². The van der Waals surface area contributed by atoms with Crippen LogP contribution in [0.1, 0.15) is 42.2 Å². The van der Waals surface area contributed by atoms with E-state index < -0.39 is 0 Å². The quantitative estimate of drug-likeness (QED) is 0.869. The minimum atomic E-state index is -0.227. The summed E-state index contributed by atoms with van der Waals surface area (Å²) in [5, 5.41) is 8.25. The highest BCUT2D eigenvalue weighted by atomic mass is 19.1. The molecule has 2 aliphatic rings. The normalized spacial score (nSPS) is 22.9. The molecule has 0 N–H and O–H groups in total. The number of rotatable bonds is 4. The van der Waals surface area contributed by atoms with Crippen LogP contribution in [0, 0.1) is 5.82 Å². The van der Waals surface area contributed by atoms with Gasteiger partial charge in [-0.1, -0.05) is 12.1 Å². The zero-order valence-electron chi connectivity index (χ0n) is 12.2. The Hall–Kier alpha value is -1.79. The molecule has 2 fully saturated rings. The maximum absolute atomic E-state index is 13.0. The lowest BCUT2D eigenvalue weighted by Gasteiger charge is -2.32. The van der Waals surface area contributed by atoms with E-state index in [1.807, 2.05) is 0 Å². The monoisotopic (exact) mass is 303 g/mol. The SMILES string of the molecule is Fc1ccc([C@H]2CN(Cc3nnc(C4CC4)o3)CCO2)cc1. The summed E-state index contributed by atoms with van der Waals surface area (Å²) in [6.45, 7) is 2.86. The van der Waals surface area contributed by atoms with E-state index in [2.05, 4.69) is 15.1 Å². The first-order chi connectivity index (χ1) is 10.8. The molecular weight excluding hydrogens is 285 g/mol. The van der Waals surface area contributed by atoms with Crippen LogP contribution in [0.5, 0.6) is 0 Å². The molecular formula is C16H18FN3O2. The standard InChI is InChI=1S/C16H18FN3O2/c17-13-5-3-11(4-6-13)14-9-20(7-8-21-14)10-15-18-19-16(22-15)12-1-2-12/h3-6,12,14H,1-2,7-10H2/t14-/m1/s1. The van der Waals surface area contributed by atoms with E-state index >= 15 is 0 Å². The van der Waals surface area contributed by atoms with Crippen LogP contribution in [0.2, 0.25) is 0 Å². The van der Waals surface area contributed by atoms with Crippen molar-refractivity contribution in [2.24, 2.45) is 0 Å². The van der Waals surface area contributed by atoms with Crippen molar-refractivity contribution in [1.82, 2.24) is 15.1 Å². The van der Waals surface area contributed by atoms with Crippen molar-refractivity contribution < 1.29 is 13.5 Å². The number of benzene rings is 1. The van der Waals surface area contributed by atoms with Crippen LogP contribution in [-0.2, 0) is 11.3 Å². The van der Waals surface area contributed by atoms with Gasteiger partial charge in [-0.2, -0.15) is 0 Å². The Morgan fingerprint density at radius 3 is 2.77 bits per heavy atom. The van der Waals surface area contributed by atoms with Gasteiger partial charge in [0, 0.05) is 19.0 Å². The van der Waals surface area contributed by atoms with Crippen LogP contribution < -0.4 is 0 Å². The van der Waals surface area contributed by atoms with E-state index in [1.54, 1.807) is 12.1 Å². The summed E-state index contributed by atoms with van der Waals surface area (Å²) in [5.41, 5.74) is 0.996. The smallest absolute Gasteiger partial charge is 0.230 e. The second-order valence-corrected chi connectivity index (χ2v) is 5.95. The average Bonchev–Trinajstić information content (AvgIpc) is 3.29. The zero-order chi connectivity index (χ0) is 14.9. The fourth-order valence-corrected chi connectivity index (χ4v) is 2.74. The van der Waals surface area contributed by atoms with Crippen molar-refractivity contribution in [1.29, 1.82) is 0 Å². The number of ether oxygens (including phenoxy) is 1. The van der Waals surface area contributed by atoms with Gasteiger partial charge in [0.25, 0.3) is 0 Å². The largest absolute Gasteiger partial charge is 0.424 e. The molecule has 1 atom stereocenters. The first-order valence-corrected chi connectivity index (χ1v) is 7.69. The Balaban J connectivity index is 1.40. The summed E-state index contributed by atoms with van der Waals surface area (Å²) in [6, 6.07) is 6.50. The molecule has 1 aliphatic heterocycles. The molecule has 0 radical (unpaired) electrons. The highest BCUT2D eigenvalue weighted by molar-refractivity contribution is 5.19. The van der Waals surface area contributed by atoms with E-state index in [4.69, 9.17) is 9.15 Å². The van der Waals surface area contributed by atoms with Gasteiger partial charge in [0.1, 0.15) is 5.82 Å². The molecule has 5 nitrogen and oxygen atoms in total. The van der Waals surface area contributed by atoms with Gasteiger partial charge in [0.15, 0.2) is 0 Å². The van der Waals surface area contributed by atoms with Gasteiger partial charge in [-0.3, -0.25) is 4.90 Å². The predicted octanol–water partition coefficient (Wildman–Crippen LogP) is 2.66. The van der Waals surface area contributed by atoms with Crippen LogP contribution in [0.25, 0.3) is 0 Å². The summed E-state index contributed by atoms with van der Waals surface area (Å²) in [6.07, 6.45) is 2.28. The lowest BCUT2D eigenvalue weighted by atomic mass is 10.1. The molecule has 4 rings (SSSR count). The molecule has 0 bridgehead atoms. The predicted molar refractivity (Wildman–Crippen MR) is 76.6 cm³/mol. The van der Waals surface area contributed by atoms with Gasteiger partial charge in [-0.05, 0) is 30.5 Å². The van der Waals surface area contributed by atoms with Gasteiger partial charge >= 0.3 is 0 Å². The third-order valence-corrected chi connectivity index (χ3v) is 4.16. The molecule has 1 aromatic heterocycles. The van der Waals surface area contributed by atoms with Gasteiger partial charge in [0.2, 0.25) is 11.8 Å². The fourth-order valence-electron chi connectivity index (χ4n) is 2.74. The topological polar surface area (TPSA) is 51.4 Å². The second kappa shape index (κ2) is 5.78. The van der Waals surface area contributed by atoms with Crippen LogP contribution in [-0.4, -0.2) is 34.8 Å². The van der Waals surface area contributed by atoms with Crippen molar-refractivity contribution in [3.8, 4) is 0 Å². The van der Waals surface area contributed by atoms with Crippen molar-refractivity contribution in [2.45, 2.75) is 31.4 Å². The summed E-state index contributed by atoms with van der Waals surface area (Å²) < 4.78 is 24.5. The van der Waals surface area contributed by atoms with E-state index in [1.165, 1.54) is 12.1 Å². The first kappa shape index (κ1) is 13.8. The summed E-state index contributed by atoms with van der Waals surface area (Å²) in [4.78, 5) is 2.24. The number of halogens is 1. The van der Waals surface area contributed by atoms with Crippen molar-refractivity contribution in [3.63, 3.8) is 0 Å². The molecule has 0 unspecified atom stereocenters. The summed E-state index contributed by atoms with van der Waals surface area (Å²) >= 11 is 0. The first-order valence-electron chi connectivity index (χ1n) is 7.69. The molecule has 6 heteroatoms. The van der Waals surface area contributed by atoms with Crippen LogP contribution >= 0.6 is 0 Å². The molecule has 0 spiro atoms. The zero-order valence-corrected chi connectivity index (χ0v) is 12.2. The third kappa shape index (κ3) is 3.03. The van der Waals surface area contributed by atoms with Crippen LogP contribution in [0.4, 0.5) is 4.39 Å². The molecule has 1 saturated carbocycles. The van der Waals surface area contributed by atoms with Crippen molar-refractivity contribution in [2.75, 3.05) is 19.7 Å². The molecule has 1 saturated heterocycles. The summed E-state index contributed by atoms with van der Waals surface area (Å²) in [5.74, 6) is 1.70. The lowest BCUT2D eigenvalue weighted by molar-refractivity contribution is -0.0352. The number of hydrogen-bond donors (Lipinski definition) is 0.